The number of nitrogens with one attached hydrogen (secondary N) is 1. The molecule has 0 aromatic heterocycles. The van der Waals surface area contributed by atoms with Crippen molar-refractivity contribution < 1.29 is 14.3 Å². The summed E-state index contributed by atoms with van der Waals surface area (Å²) in [5, 5.41) is 2.55. The van der Waals surface area contributed by atoms with Crippen LogP contribution in [-0.2, 0) is 4.74 Å². The van der Waals surface area contributed by atoms with Crippen molar-refractivity contribution in [3.8, 4) is 5.75 Å². The van der Waals surface area contributed by atoms with Crippen molar-refractivity contribution in [3.05, 3.63) is 30.3 Å². The van der Waals surface area contributed by atoms with Gasteiger partial charge in [0.05, 0.1) is 13.2 Å². The number of rotatable bonds is 6. The average molecular weight is 223 g/mol. The third-order valence-electron chi connectivity index (χ3n) is 1.68. The lowest BCUT2D eigenvalue weighted by Crippen LogP contribution is -2.30. The number of carbonyl (C=O) groups is 1. The lowest BCUT2D eigenvalue weighted by atomic mass is 10.3. The second-order valence-corrected chi connectivity index (χ2v) is 2.95. The summed E-state index contributed by atoms with van der Waals surface area (Å²) in [4.78, 5) is 11.2. The molecule has 0 bridgehead atoms. The van der Waals surface area contributed by atoms with E-state index in [1.54, 1.807) is 24.3 Å². The molecule has 0 saturated carbocycles. The number of benzene rings is 1. The fourth-order valence-corrected chi connectivity index (χ4v) is 0.993. The lowest BCUT2D eigenvalue weighted by molar-refractivity contribution is 0.140. The fraction of sp³-hybridized carbons (Fsp3) is 0.364. The van der Waals surface area contributed by atoms with Gasteiger partial charge in [0, 0.05) is 13.1 Å². The van der Waals surface area contributed by atoms with Gasteiger partial charge < -0.3 is 20.5 Å². The molecule has 87 valence electrons. The minimum atomic E-state index is -0.498. The van der Waals surface area contributed by atoms with Crippen LogP contribution >= 0.6 is 0 Å². The molecule has 0 aliphatic rings. The molecule has 0 aliphatic carbocycles. The highest BCUT2D eigenvalue weighted by molar-refractivity contribution is 5.70. The van der Waals surface area contributed by atoms with Gasteiger partial charge >= 0.3 is 6.09 Å². The van der Waals surface area contributed by atoms with Gasteiger partial charge in [0.2, 0.25) is 0 Å². The highest BCUT2D eigenvalue weighted by Crippen LogP contribution is 2.07. The Hall–Kier alpha value is -1.59. The van der Waals surface area contributed by atoms with E-state index in [1.165, 1.54) is 0 Å². The van der Waals surface area contributed by atoms with Crippen LogP contribution in [0.4, 0.5) is 4.79 Å². The Balaban J connectivity index is 2.12. The van der Waals surface area contributed by atoms with Gasteiger partial charge in [0.15, 0.2) is 0 Å². The van der Waals surface area contributed by atoms with Crippen LogP contribution in [0.5, 0.6) is 5.75 Å². The first-order valence-corrected chi connectivity index (χ1v) is 5.02. The van der Waals surface area contributed by atoms with Crippen LogP contribution in [-0.4, -0.2) is 32.4 Å². The minimum absolute atomic E-state index is 0.401. The topological polar surface area (TPSA) is 73.6 Å². The summed E-state index contributed by atoms with van der Waals surface area (Å²) in [5.41, 5.74) is 5.23. The van der Waals surface area contributed by atoms with Crippen LogP contribution in [0, 0.1) is 6.07 Å². The first-order chi connectivity index (χ1) is 7.83. The Kier molecular flexibility index (Phi) is 5.98. The number of carbonyl (C=O) groups excluding carboxylic acids is 1. The molecule has 16 heavy (non-hydrogen) atoms. The summed E-state index contributed by atoms with van der Waals surface area (Å²) in [7, 11) is 0. The van der Waals surface area contributed by atoms with E-state index >= 15 is 0 Å². The summed E-state index contributed by atoms with van der Waals surface area (Å²) >= 11 is 0. The third-order valence-corrected chi connectivity index (χ3v) is 1.68. The molecule has 1 aromatic carbocycles. The van der Waals surface area contributed by atoms with Crippen LogP contribution in [0.2, 0.25) is 0 Å². The van der Waals surface area contributed by atoms with Gasteiger partial charge in [0.25, 0.3) is 0 Å². The molecular weight excluding hydrogens is 208 g/mol. The standard InChI is InChI=1S/C11H15N2O3/c12-6-8-15-9-7-13-11(14)16-10-4-2-1-3-5-10/h2-5H,6-9,12H2,(H,13,14). The van der Waals surface area contributed by atoms with Crippen molar-refractivity contribution in [3.63, 3.8) is 0 Å². The second-order valence-electron chi connectivity index (χ2n) is 2.95. The van der Waals surface area contributed by atoms with Gasteiger partial charge in [-0.25, -0.2) is 4.79 Å². The monoisotopic (exact) mass is 223 g/mol. The van der Waals surface area contributed by atoms with Crippen molar-refractivity contribution in [2.45, 2.75) is 0 Å². The normalized spacial score (nSPS) is 9.81. The molecule has 5 heteroatoms. The first-order valence-electron chi connectivity index (χ1n) is 5.02. The van der Waals surface area contributed by atoms with Gasteiger partial charge in [-0.3, -0.25) is 0 Å². The molecule has 3 N–H and O–H groups in total. The summed E-state index contributed by atoms with van der Waals surface area (Å²) in [6.07, 6.45) is -0.498. The molecule has 1 rings (SSSR count). The quantitative estimate of drug-likeness (QED) is 0.691. The number of ether oxygens (including phenoxy) is 2. The molecule has 1 aromatic rings. The maximum atomic E-state index is 11.2. The van der Waals surface area contributed by atoms with Gasteiger partial charge in [-0.2, -0.15) is 0 Å². The molecule has 0 saturated heterocycles. The van der Waals surface area contributed by atoms with Gasteiger partial charge in [0.1, 0.15) is 5.75 Å². The van der Waals surface area contributed by atoms with Crippen LogP contribution in [0.15, 0.2) is 24.3 Å². The third kappa shape index (κ3) is 5.33. The Morgan fingerprint density at radius 1 is 1.38 bits per heavy atom. The van der Waals surface area contributed by atoms with Crippen molar-refractivity contribution >= 4 is 6.09 Å². The maximum Gasteiger partial charge on any atom is 0.412 e. The molecule has 0 heterocycles. The molecule has 0 unspecified atom stereocenters. The molecule has 5 nitrogen and oxygen atoms in total. The average Bonchev–Trinajstić information content (AvgIpc) is 2.30. The predicted octanol–water partition coefficient (Wildman–Crippen LogP) is 0.550. The molecular formula is C11H15N2O3. The maximum absolute atomic E-state index is 11.2. The summed E-state index contributed by atoms with van der Waals surface area (Å²) in [5.74, 6) is 0.485. The zero-order chi connectivity index (χ0) is 11.6. The van der Waals surface area contributed by atoms with Crippen molar-refractivity contribution in [2.75, 3.05) is 26.3 Å². The lowest BCUT2D eigenvalue weighted by Gasteiger charge is -2.06. The van der Waals surface area contributed by atoms with Gasteiger partial charge in [-0.15, -0.1) is 0 Å². The van der Waals surface area contributed by atoms with Crippen molar-refractivity contribution in [1.29, 1.82) is 0 Å². The van der Waals surface area contributed by atoms with E-state index in [-0.39, 0.29) is 0 Å². The summed E-state index contributed by atoms with van der Waals surface area (Å²) in [6.45, 7) is 1.79. The highest BCUT2D eigenvalue weighted by atomic mass is 16.6. The van der Waals surface area contributed by atoms with Gasteiger partial charge in [-0.1, -0.05) is 12.1 Å². The number of nitrogens with two attached hydrogens (primary N) is 1. The molecule has 0 atom stereocenters. The van der Waals surface area contributed by atoms with Crippen molar-refractivity contribution in [1.82, 2.24) is 5.32 Å². The van der Waals surface area contributed by atoms with E-state index in [9.17, 15) is 4.79 Å². The van der Waals surface area contributed by atoms with E-state index in [0.29, 0.717) is 32.1 Å². The Bertz CT molecular complexity index is 303. The van der Waals surface area contributed by atoms with E-state index in [2.05, 4.69) is 11.4 Å². The van der Waals surface area contributed by atoms with Crippen LogP contribution < -0.4 is 15.8 Å². The predicted molar refractivity (Wildman–Crippen MR) is 59.2 cm³/mol. The van der Waals surface area contributed by atoms with Gasteiger partial charge in [-0.05, 0) is 18.2 Å². The molecule has 0 spiro atoms. The van der Waals surface area contributed by atoms with Crippen LogP contribution in [0.3, 0.4) is 0 Å². The minimum Gasteiger partial charge on any atom is -0.410 e. The molecule has 0 fully saturated rings. The van der Waals surface area contributed by atoms with Crippen LogP contribution in [0.25, 0.3) is 0 Å². The van der Waals surface area contributed by atoms with Crippen molar-refractivity contribution in [2.24, 2.45) is 5.73 Å². The first kappa shape index (κ1) is 12.5. The van der Waals surface area contributed by atoms with E-state index in [4.69, 9.17) is 15.2 Å². The Labute approximate surface area is 94.5 Å². The van der Waals surface area contributed by atoms with E-state index in [0.717, 1.165) is 0 Å². The second kappa shape index (κ2) is 7.67. The zero-order valence-corrected chi connectivity index (χ0v) is 8.94. The van der Waals surface area contributed by atoms with E-state index < -0.39 is 6.09 Å². The van der Waals surface area contributed by atoms with Crippen LogP contribution in [0.1, 0.15) is 0 Å². The molecule has 1 amide bonds. The number of hydrogen-bond donors (Lipinski definition) is 2. The smallest absolute Gasteiger partial charge is 0.410 e. The fourth-order valence-electron chi connectivity index (χ4n) is 0.993. The Morgan fingerprint density at radius 2 is 2.12 bits per heavy atom. The summed E-state index contributed by atoms with van der Waals surface area (Å²) < 4.78 is 10.1. The van der Waals surface area contributed by atoms with E-state index in [1.807, 2.05) is 0 Å². The number of amides is 1. The highest BCUT2D eigenvalue weighted by Gasteiger charge is 2.01. The molecule has 0 aliphatic heterocycles. The SMILES string of the molecule is NCCOCCNC(=O)Oc1cc[c]cc1. The number of hydrogen-bond acceptors (Lipinski definition) is 4. The zero-order valence-electron chi connectivity index (χ0n) is 8.94. The molecule has 1 radical (unpaired) electrons. The largest absolute Gasteiger partial charge is 0.412 e. The Morgan fingerprint density at radius 3 is 2.81 bits per heavy atom. The summed E-state index contributed by atoms with van der Waals surface area (Å²) in [6, 6.07) is 9.49.